The van der Waals surface area contributed by atoms with Crippen LogP contribution in [0.2, 0.25) is 0 Å². The highest BCUT2D eigenvalue weighted by Crippen LogP contribution is 2.23. The Morgan fingerprint density at radius 1 is 0.923 bits per heavy atom. The number of hydrogen-bond donors (Lipinski definition) is 3. The number of hydrogen-bond acceptors (Lipinski definition) is 3. The summed E-state index contributed by atoms with van der Waals surface area (Å²) in [5, 5.41) is 5.51. The molecule has 0 saturated carbocycles. The van der Waals surface area contributed by atoms with Crippen molar-refractivity contribution in [3.63, 3.8) is 0 Å². The molecule has 0 bridgehead atoms. The molecule has 4 N–H and O–H groups in total. The van der Waals surface area contributed by atoms with Crippen molar-refractivity contribution in [1.82, 2.24) is 10.6 Å². The lowest BCUT2D eigenvalue weighted by molar-refractivity contribution is -0.132. The van der Waals surface area contributed by atoms with E-state index in [9.17, 15) is 14.4 Å². The molecule has 144 valence electrons. The van der Waals surface area contributed by atoms with Crippen LogP contribution in [0.15, 0.2) is 24.3 Å². The third kappa shape index (κ3) is 5.96. The average molecular weight is 473 g/mol. The minimum Gasteiger partial charge on any atom is -0.368 e. The second-order valence-electron chi connectivity index (χ2n) is 8.46. The van der Waals surface area contributed by atoms with Crippen LogP contribution in [-0.4, -0.2) is 29.8 Å². The molecule has 7 heteroatoms. The van der Waals surface area contributed by atoms with Crippen molar-refractivity contribution >= 4 is 40.3 Å². The molecule has 0 aliphatic rings. The van der Waals surface area contributed by atoms with Gasteiger partial charge in [-0.1, -0.05) is 53.7 Å². The number of carbonyl (C=O) groups is 3. The SMILES string of the molecule is CC(C)(C)[C@H](NC(=O)[C@@H](NC(=O)c1ccccc1I)C(C)(C)C)C(N)=O. The van der Waals surface area contributed by atoms with E-state index in [2.05, 4.69) is 33.2 Å². The molecule has 2 atom stereocenters. The third-order valence-corrected chi connectivity index (χ3v) is 4.90. The smallest absolute Gasteiger partial charge is 0.253 e. The number of benzene rings is 1. The molecule has 0 heterocycles. The maximum absolute atomic E-state index is 12.9. The summed E-state index contributed by atoms with van der Waals surface area (Å²) in [6.07, 6.45) is 0. The van der Waals surface area contributed by atoms with Crippen molar-refractivity contribution in [1.29, 1.82) is 0 Å². The molecule has 1 aromatic carbocycles. The molecule has 0 aliphatic heterocycles. The first-order chi connectivity index (χ1) is 11.7. The van der Waals surface area contributed by atoms with Crippen LogP contribution < -0.4 is 16.4 Å². The lowest BCUT2D eigenvalue weighted by atomic mass is 9.83. The average Bonchev–Trinajstić information content (AvgIpc) is 2.47. The molecule has 26 heavy (non-hydrogen) atoms. The van der Waals surface area contributed by atoms with Crippen molar-refractivity contribution in [2.24, 2.45) is 16.6 Å². The van der Waals surface area contributed by atoms with Crippen LogP contribution in [0.3, 0.4) is 0 Å². The van der Waals surface area contributed by atoms with Crippen LogP contribution in [-0.2, 0) is 9.59 Å². The number of rotatable bonds is 5. The van der Waals surface area contributed by atoms with Gasteiger partial charge in [0.05, 0.1) is 5.56 Å². The molecule has 0 aromatic heterocycles. The van der Waals surface area contributed by atoms with Crippen LogP contribution in [0.25, 0.3) is 0 Å². The molecule has 1 aromatic rings. The van der Waals surface area contributed by atoms with Gasteiger partial charge in [0.2, 0.25) is 11.8 Å². The Kier molecular flexibility index (Phi) is 7.21. The predicted octanol–water partition coefficient (Wildman–Crippen LogP) is 2.45. The van der Waals surface area contributed by atoms with E-state index in [1.807, 2.05) is 53.7 Å². The van der Waals surface area contributed by atoms with E-state index in [1.54, 1.807) is 12.1 Å². The Balaban J connectivity index is 3.07. The predicted molar refractivity (Wildman–Crippen MR) is 110 cm³/mol. The van der Waals surface area contributed by atoms with Gasteiger partial charge in [-0.2, -0.15) is 0 Å². The summed E-state index contributed by atoms with van der Waals surface area (Å²) >= 11 is 2.08. The number of amides is 3. The molecule has 1 rings (SSSR count). The molecule has 3 amide bonds. The molecule has 0 saturated heterocycles. The topological polar surface area (TPSA) is 101 Å². The van der Waals surface area contributed by atoms with Crippen molar-refractivity contribution in [3.8, 4) is 0 Å². The summed E-state index contributed by atoms with van der Waals surface area (Å²) < 4.78 is 0.792. The lowest BCUT2D eigenvalue weighted by Gasteiger charge is -2.34. The summed E-state index contributed by atoms with van der Waals surface area (Å²) in [4.78, 5) is 37.3. The second-order valence-corrected chi connectivity index (χ2v) is 9.62. The van der Waals surface area contributed by atoms with E-state index < -0.39 is 34.7 Å². The van der Waals surface area contributed by atoms with E-state index in [0.717, 1.165) is 3.57 Å². The first-order valence-electron chi connectivity index (χ1n) is 8.40. The monoisotopic (exact) mass is 473 g/mol. The highest BCUT2D eigenvalue weighted by atomic mass is 127. The summed E-state index contributed by atoms with van der Waals surface area (Å²) in [6.45, 7) is 11.0. The third-order valence-electron chi connectivity index (χ3n) is 3.96. The molecule has 0 spiro atoms. The zero-order valence-electron chi connectivity index (χ0n) is 16.1. The maximum atomic E-state index is 12.9. The summed E-state index contributed by atoms with van der Waals surface area (Å²) in [5.74, 6) is -1.38. The number of nitrogens with two attached hydrogens (primary N) is 1. The lowest BCUT2D eigenvalue weighted by Crippen LogP contribution is -2.60. The first-order valence-corrected chi connectivity index (χ1v) is 9.48. The molecule has 0 radical (unpaired) electrons. The Bertz CT molecular complexity index is 690. The Labute approximate surface area is 168 Å². The largest absolute Gasteiger partial charge is 0.368 e. The van der Waals surface area contributed by atoms with Gasteiger partial charge in [0.15, 0.2) is 0 Å². The highest BCUT2D eigenvalue weighted by Gasteiger charge is 2.38. The number of carbonyl (C=O) groups excluding carboxylic acids is 3. The van der Waals surface area contributed by atoms with E-state index in [-0.39, 0.29) is 5.91 Å². The summed E-state index contributed by atoms with van der Waals surface area (Å²) in [5.41, 5.74) is 4.85. The van der Waals surface area contributed by atoms with Gasteiger partial charge in [-0.25, -0.2) is 0 Å². The molecule has 6 nitrogen and oxygen atoms in total. The minimum absolute atomic E-state index is 0.337. The van der Waals surface area contributed by atoms with Crippen LogP contribution >= 0.6 is 22.6 Å². The summed E-state index contributed by atoms with van der Waals surface area (Å²) in [6, 6.07) is 5.48. The van der Waals surface area contributed by atoms with Crippen LogP contribution in [0.1, 0.15) is 51.9 Å². The van der Waals surface area contributed by atoms with Crippen molar-refractivity contribution in [2.45, 2.75) is 53.6 Å². The number of primary amides is 1. The Hall–Kier alpha value is -1.64. The number of nitrogens with one attached hydrogen (secondary N) is 2. The van der Waals surface area contributed by atoms with E-state index >= 15 is 0 Å². The van der Waals surface area contributed by atoms with Crippen LogP contribution in [0.4, 0.5) is 0 Å². The van der Waals surface area contributed by atoms with Gasteiger partial charge in [0.1, 0.15) is 12.1 Å². The molecular formula is C19H28IN3O3. The van der Waals surface area contributed by atoms with Crippen molar-refractivity contribution < 1.29 is 14.4 Å². The molecular weight excluding hydrogens is 445 g/mol. The van der Waals surface area contributed by atoms with Gasteiger partial charge in [-0.05, 0) is 45.6 Å². The van der Waals surface area contributed by atoms with Gasteiger partial charge in [0, 0.05) is 3.57 Å². The number of halogens is 1. The quantitative estimate of drug-likeness (QED) is 0.573. The minimum atomic E-state index is -0.839. The van der Waals surface area contributed by atoms with Gasteiger partial charge >= 0.3 is 0 Å². The van der Waals surface area contributed by atoms with Gasteiger partial charge < -0.3 is 16.4 Å². The van der Waals surface area contributed by atoms with Gasteiger partial charge in [-0.15, -0.1) is 0 Å². The van der Waals surface area contributed by atoms with Crippen molar-refractivity contribution in [3.05, 3.63) is 33.4 Å². The fraction of sp³-hybridized carbons (Fsp3) is 0.526. The van der Waals surface area contributed by atoms with E-state index in [4.69, 9.17) is 5.73 Å². The fourth-order valence-corrected chi connectivity index (χ4v) is 3.10. The van der Waals surface area contributed by atoms with Crippen LogP contribution in [0.5, 0.6) is 0 Å². The first kappa shape index (κ1) is 22.4. The second kappa shape index (κ2) is 8.37. The van der Waals surface area contributed by atoms with Crippen molar-refractivity contribution in [2.75, 3.05) is 0 Å². The molecule has 0 unspecified atom stereocenters. The van der Waals surface area contributed by atoms with Gasteiger partial charge in [0.25, 0.3) is 5.91 Å². The fourth-order valence-electron chi connectivity index (χ4n) is 2.47. The normalized spacial score (nSPS) is 14.3. The Morgan fingerprint density at radius 3 is 1.85 bits per heavy atom. The standard InChI is InChI=1S/C19H28IN3O3/c1-18(2,3)13(15(21)24)22-17(26)14(19(4,5)6)23-16(25)11-9-7-8-10-12(11)20/h7-10,13-14H,1-6H3,(H2,21,24)(H,22,26)(H,23,25)/t13-,14-/m1/s1. The van der Waals surface area contributed by atoms with E-state index in [1.165, 1.54) is 0 Å². The molecule has 0 fully saturated rings. The maximum Gasteiger partial charge on any atom is 0.253 e. The van der Waals surface area contributed by atoms with Gasteiger partial charge in [-0.3, -0.25) is 14.4 Å². The molecule has 0 aliphatic carbocycles. The van der Waals surface area contributed by atoms with E-state index in [0.29, 0.717) is 5.56 Å². The zero-order valence-corrected chi connectivity index (χ0v) is 18.3. The summed E-state index contributed by atoms with van der Waals surface area (Å²) in [7, 11) is 0. The Morgan fingerprint density at radius 2 is 1.42 bits per heavy atom. The van der Waals surface area contributed by atoms with Crippen LogP contribution in [0, 0.1) is 14.4 Å². The zero-order chi connectivity index (χ0) is 20.3. The highest BCUT2D eigenvalue weighted by molar-refractivity contribution is 14.1.